The van der Waals surface area contributed by atoms with Crippen molar-refractivity contribution < 1.29 is 190 Å². The zero-order valence-electron chi connectivity index (χ0n) is 45.1. The fraction of sp³-hybridized carbons (Fsp3) is 0.564. The van der Waals surface area contributed by atoms with Crippen molar-refractivity contribution in [2.75, 3.05) is 11.5 Å². The first kappa shape index (κ1) is 105. The van der Waals surface area contributed by atoms with E-state index in [1.807, 2.05) is 11.6 Å². The molecule has 21 unspecified atom stereocenters. The van der Waals surface area contributed by atoms with E-state index in [0.717, 1.165) is 18.3 Å². The number of rotatable bonds is 13. The molecule has 452 valence electrons. The third-order valence-corrected chi connectivity index (χ3v) is 214. The van der Waals surface area contributed by atoms with Crippen LogP contribution in [0.2, 0.25) is 0 Å². The number of benzene rings is 2. The third kappa shape index (κ3) is 28.9. The SMILES string of the molecule is O=C1C=C2c3ccccc3CCC2C2CCCCC12.PP(P)P(P(P)P)P(P(P(P)P)P(P)P)P(P(P(P)P)P(P)P)P(P(P)P)P(P)P.[V].[V].[V].[V].[V].[V].[V].[V].[V].[V].c1ccc2c(c1)CCC1=C2CC2(SCCCS2)C2CCCCC12. The van der Waals surface area contributed by atoms with Gasteiger partial charge in [0.15, 0.2) is 5.78 Å². The fourth-order valence-corrected chi connectivity index (χ4v) is 414. The van der Waals surface area contributed by atoms with E-state index in [-0.39, 0.29) is 283 Å². The summed E-state index contributed by atoms with van der Waals surface area (Å²) < 4.78 is 0.507. The fourth-order valence-electron chi connectivity index (χ4n) is 11.8. The van der Waals surface area contributed by atoms with Crippen LogP contribution < -0.4 is 0 Å². The van der Waals surface area contributed by atoms with Crippen LogP contribution in [0.4, 0.5) is 0 Å². The molecular weight excluding hydrogens is 1990 g/mol. The second-order valence-electron chi connectivity index (χ2n) is 18.7. The van der Waals surface area contributed by atoms with Gasteiger partial charge in [-0.3, -0.25) is 4.79 Å². The summed E-state index contributed by atoms with van der Waals surface area (Å²) in [5.74, 6) is 6.67. The van der Waals surface area contributed by atoms with Gasteiger partial charge >= 0.3 is 0 Å². The molecule has 43 heteroatoms. The smallest absolute Gasteiger partial charge is 0.159 e. The Morgan fingerprint density at radius 3 is 1.24 bits per heavy atom. The molecule has 1 saturated heterocycles. The van der Waals surface area contributed by atoms with E-state index in [4.69, 9.17) is 0 Å². The number of aryl methyl sites for hydroxylation is 2. The molecule has 6 aliphatic carbocycles. The van der Waals surface area contributed by atoms with Crippen LogP contribution in [-0.2, 0) is 203 Å². The largest absolute Gasteiger partial charge is 0.295 e. The molecule has 82 heavy (non-hydrogen) atoms. The molecule has 2 saturated carbocycles. The second kappa shape index (κ2) is 53.8. The summed E-state index contributed by atoms with van der Waals surface area (Å²) in [6.07, 6.45) is 20.7. The number of hydrogen-bond acceptors (Lipinski definition) is 3. The molecule has 1 aliphatic heterocycles. The molecule has 1 spiro atoms. The van der Waals surface area contributed by atoms with Gasteiger partial charge in [-0.25, -0.2) is 0 Å². The summed E-state index contributed by atoms with van der Waals surface area (Å²) in [5.41, 5.74) is 11.0. The number of hydrogen-bond donors (Lipinski definition) is 0. The summed E-state index contributed by atoms with van der Waals surface area (Å²) in [6.45, 7) is -0.252. The molecule has 1 heterocycles. The summed E-state index contributed by atoms with van der Waals surface area (Å²) in [7, 11) is 52.6. The Morgan fingerprint density at radius 1 is 0.402 bits per heavy atom. The van der Waals surface area contributed by atoms with Gasteiger partial charge in [0, 0.05) is 191 Å². The number of ketones is 1. The van der Waals surface area contributed by atoms with Gasteiger partial charge in [0.25, 0.3) is 0 Å². The van der Waals surface area contributed by atoms with E-state index < -0.39 is 0 Å². The zero-order chi connectivity index (χ0) is 52.2. The minimum absolute atomic E-state index is 0. The number of carbonyl (C=O) groups excluding carboxylic acids is 1. The maximum absolute atomic E-state index is 12.4. The van der Waals surface area contributed by atoms with Crippen molar-refractivity contribution in [2.45, 2.75) is 94.0 Å². The molecule has 2 aromatic carbocycles. The molecule has 1 nitrogen and oxygen atoms in total. The Hall–Kier alpha value is 17.0. The summed E-state index contributed by atoms with van der Waals surface area (Å²) in [4.78, 5) is 12.4. The molecule has 3 fully saturated rings. The molecule has 2 aromatic rings. The van der Waals surface area contributed by atoms with Crippen LogP contribution in [0.1, 0.15) is 99.3 Å². The standard InChI is InChI=1S/C21H26S2.C18H20O.H32P30.10V/c1-2-7-16-15(6-1)10-11-17-18-8-3-4-9-20(18)21(14-19(16)17)22-12-5-13-23-21;19-18-11-17-13-6-2-1-5-12(13)9-10-15(17)14-7-3-4-8-16(14)18;1-17(2)25(18(3)4)29(26(19(5)6)20(7)8)30(27(21(9)10)22(11)12)28(23(13)14)24(15)16;;;;;;;;;;/h1-2,6-7,18,20H,3-5,8-14H2;1-2,5-6,11,14-16H,3-4,7-10H2;1-16H2;;;;;;;;;;. The van der Waals surface area contributed by atoms with E-state index in [1.54, 1.807) is 16.7 Å². The maximum atomic E-state index is 12.4. The van der Waals surface area contributed by atoms with Crippen LogP contribution in [0.25, 0.3) is 11.1 Å². The Labute approximate surface area is 678 Å². The molecule has 0 aromatic heterocycles. The summed E-state index contributed by atoms with van der Waals surface area (Å²) in [6, 6.07) is 18.0. The molecule has 0 amide bonds. The first-order valence-electron chi connectivity index (χ1n) is 23.9. The molecule has 21 atom stereocenters. The van der Waals surface area contributed by atoms with E-state index in [2.05, 4.69) is 215 Å². The normalized spacial score (nSPS) is 21.9. The van der Waals surface area contributed by atoms with Crippen molar-refractivity contribution in [1.29, 1.82) is 0 Å². The third-order valence-electron chi connectivity index (χ3n) is 14.5. The first-order chi connectivity index (χ1) is 34.3. The van der Waals surface area contributed by atoms with Crippen molar-refractivity contribution in [3.8, 4) is 0 Å². The van der Waals surface area contributed by atoms with Crippen molar-refractivity contribution in [2.24, 2.45) is 29.6 Å². The predicted molar refractivity (Wildman–Crippen MR) is 433 cm³/mol. The molecule has 10 radical (unpaired) electrons. The second-order valence-corrected chi connectivity index (χ2v) is 143. The monoisotopic (exact) mass is 2070 g/mol. The van der Waals surface area contributed by atoms with E-state index in [9.17, 15) is 4.79 Å². The van der Waals surface area contributed by atoms with Gasteiger partial charge in [0.2, 0.25) is 0 Å². The van der Waals surface area contributed by atoms with E-state index in [1.165, 1.54) is 112 Å². The van der Waals surface area contributed by atoms with E-state index >= 15 is 0 Å². The predicted octanol–water partition coefficient (Wildman–Crippen LogP) is 27.4. The van der Waals surface area contributed by atoms with Crippen LogP contribution in [0.15, 0.2) is 60.2 Å². The van der Waals surface area contributed by atoms with Crippen molar-refractivity contribution in [3.05, 3.63) is 82.4 Å². The van der Waals surface area contributed by atoms with Crippen LogP contribution >= 0.6 is 264 Å². The van der Waals surface area contributed by atoms with Gasteiger partial charge < -0.3 is 0 Å². The Balaban J connectivity index is -0.000000532. The molecule has 0 bridgehead atoms. The van der Waals surface area contributed by atoms with Crippen molar-refractivity contribution >= 4 is 281 Å². The Morgan fingerprint density at radius 2 is 0.793 bits per heavy atom. The van der Waals surface area contributed by atoms with E-state index in [0.29, 0.717) is 27.6 Å². The minimum Gasteiger partial charge on any atom is -0.295 e. The zero-order valence-corrected chi connectivity index (χ0v) is 91.7. The number of carbonyl (C=O) groups is 1. The van der Waals surface area contributed by atoms with Crippen LogP contribution in [0.5, 0.6) is 0 Å². The van der Waals surface area contributed by atoms with Crippen LogP contribution in [-0.4, -0.2) is 21.4 Å². The number of allylic oxidation sites excluding steroid dienone is 4. The molecule has 7 aliphatic rings. The first-order valence-corrected chi connectivity index (χ1v) is 79.7. The van der Waals surface area contributed by atoms with Gasteiger partial charge in [-0.15, -0.1) is 166 Å². The van der Waals surface area contributed by atoms with Gasteiger partial charge in [-0.1, -0.05) is 79.8 Å². The molecular formula is C39H78OP30S2V10. The Kier molecular flexibility index (Phi) is 69.1. The summed E-state index contributed by atoms with van der Waals surface area (Å²) in [5, 5.41) is 0. The number of thioether (sulfide) groups is 2. The van der Waals surface area contributed by atoms with Gasteiger partial charge in [-0.05, 0) is 237 Å². The average molecular weight is 2070 g/mol. The Bertz CT molecular complexity index is 2100. The summed E-state index contributed by atoms with van der Waals surface area (Å²) >= 11 is 4.66. The van der Waals surface area contributed by atoms with Crippen molar-refractivity contribution in [3.63, 3.8) is 0 Å². The quantitative estimate of drug-likeness (QED) is 0.186. The topological polar surface area (TPSA) is 17.1 Å². The van der Waals surface area contributed by atoms with Gasteiger partial charge in [-0.2, -0.15) is 0 Å². The van der Waals surface area contributed by atoms with Crippen molar-refractivity contribution in [1.82, 2.24) is 0 Å². The minimum atomic E-state index is -0.0585. The number of fused-ring (bicyclic) bond motifs is 10. The molecule has 9 rings (SSSR count). The maximum Gasteiger partial charge on any atom is 0.159 e. The van der Waals surface area contributed by atoms with Crippen LogP contribution in [0.3, 0.4) is 0 Å². The van der Waals surface area contributed by atoms with Gasteiger partial charge in [0.05, 0.1) is 4.08 Å². The average Bonchev–Trinajstić information content (AvgIpc) is 3.33. The van der Waals surface area contributed by atoms with Crippen LogP contribution in [0, 0.1) is 29.6 Å². The van der Waals surface area contributed by atoms with Gasteiger partial charge in [0.1, 0.15) is 0 Å². The molecule has 0 N–H and O–H groups in total.